The zero-order valence-corrected chi connectivity index (χ0v) is 9.87. The van der Waals surface area contributed by atoms with Gasteiger partial charge in [0.2, 0.25) is 5.91 Å². The summed E-state index contributed by atoms with van der Waals surface area (Å²) in [4.78, 5) is 22.6. The maximum atomic E-state index is 13.2. The number of amides is 1. The van der Waals surface area contributed by atoms with Crippen molar-refractivity contribution < 1.29 is 19.1 Å². The molecule has 0 heterocycles. The number of halogens is 1. The van der Waals surface area contributed by atoms with Crippen LogP contribution >= 0.6 is 0 Å². The van der Waals surface area contributed by atoms with E-state index in [-0.39, 0.29) is 11.3 Å². The van der Waals surface area contributed by atoms with Crippen LogP contribution in [-0.4, -0.2) is 17.0 Å². The van der Waals surface area contributed by atoms with E-state index in [0.29, 0.717) is 0 Å². The van der Waals surface area contributed by atoms with Gasteiger partial charge < -0.3 is 10.4 Å². The quantitative estimate of drug-likeness (QED) is 0.794. The molecule has 4 nitrogen and oxygen atoms in total. The molecule has 0 aliphatic heterocycles. The molecule has 1 aromatic carbocycles. The summed E-state index contributed by atoms with van der Waals surface area (Å²) in [5.74, 6) is -2.36. The number of anilines is 1. The van der Waals surface area contributed by atoms with Crippen molar-refractivity contribution in [3.63, 3.8) is 0 Å². The van der Waals surface area contributed by atoms with E-state index < -0.39 is 23.1 Å². The molecule has 0 fully saturated rings. The average molecular weight is 239 g/mol. The molecule has 0 aromatic heterocycles. The number of carbonyl (C=O) groups excluding carboxylic acids is 1. The minimum absolute atomic E-state index is 0.280. The van der Waals surface area contributed by atoms with E-state index >= 15 is 0 Å². The Morgan fingerprint density at radius 3 is 2.47 bits per heavy atom. The summed E-state index contributed by atoms with van der Waals surface area (Å²) >= 11 is 0. The van der Waals surface area contributed by atoms with Crippen LogP contribution in [0.3, 0.4) is 0 Å². The summed E-state index contributed by atoms with van der Waals surface area (Å²) in [5.41, 5.74) is -0.995. The first-order chi connectivity index (χ1) is 7.76. The van der Waals surface area contributed by atoms with Crippen LogP contribution in [0.4, 0.5) is 10.1 Å². The normalized spacial score (nSPS) is 11.1. The largest absolute Gasteiger partial charge is 0.480 e. The number of carboxylic acids is 1. The number of nitrogens with one attached hydrogen (secondary N) is 1. The highest BCUT2D eigenvalue weighted by Gasteiger charge is 2.36. The van der Waals surface area contributed by atoms with E-state index in [1.165, 1.54) is 39.0 Å². The molecule has 0 atom stereocenters. The van der Waals surface area contributed by atoms with Crippen molar-refractivity contribution in [1.29, 1.82) is 0 Å². The Morgan fingerprint density at radius 2 is 1.94 bits per heavy atom. The topological polar surface area (TPSA) is 66.4 Å². The third-order valence-electron chi connectivity index (χ3n) is 2.62. The Kier molecular flexibility index (Phi) is 3.50. The highest BCUT2D eigenvalue weighted by Crippen LogP contribution is 2.22. The molecule has 0 aliphatic rings. The van der Waals surface area contributed by atoms with Gasteiger partial charge in [0.1, 0.15) is 11.2 Å². The molecule has 0 bridgehead atoms. The molecular formula is C12H14FNO3. The lowest BCUT2D eigenvalue weighted by Gasteiger charge is -2.19. The lowest BCUT2D eigenvalue weighted by molar-refractivity contribution is -0.151. The van der Waals surface area contributed by atoms with Gasteiger partial charge in [0.25, 0.3) is 0 Å². The maximum absolute atomic E-state index is 13.2. The van der Waals surface area contributed by atoms with Gasteiger partial charge >= 0.3 is 5.97 Å². The maximum Gasteiger partial charge on any atom is 0.318 e. The first-order valence-electron chi connectivity index (χ1n) is 5.06. The van der Waals surface area contributed by atoms with E-state index in [4.69, 9.17) is 5.11 Å². The van der Waals surface area contributed by atoms with Crippen LogP contribution in [-0.2, 0) is 9.59 Å². The molecule has 5 heteroatoms. The fourth-order valence-corrected chi connectivity index (χ4v) is 1.12. The number of carbonyl (C=O) groups is 2. The zero-order valence-electron chi connectivity index (χ0n) is 9.87. The summed E-state index contributed by atoms with van der Waals surface area (Å²) in [6.07, 6.45) is 0. The summed E-state index contributed by atoms with van der Waals surface area (Å²) < 4.78 is 13.2. The molecule has 1 rings (SSSR count). The Bertz CT molecular complexity index is 469. The summed E-state index contributed by atoms with van der Waals surface area (Å²) in [5, 5.41) is 11.3. The third kappa shape index (κ3) is 2.61. The summed E-state index contributed by atoms with van der Waals surface area (Å²) in [6, 6.07) is 4.24. The highest BCUT2D eigenvalue weighted by molar-refractivity contribution is 6.07. The molecule has 0 aliphatic carbocycles. The molecule has 0 saturated carbocycles. The Morgan fingerprint density at radius 1 is 1.35 bits per heavy atom. The van der Waals surface area contributed by atoms with Crippen LogP contribution in [0.2, 0.25) is 0 Å². The van der Waals surface area contributed by atoms with Gasteiger partial charge in [-0.3, -0.25) is 9.59 Å². The Balaban J connectivity index is 2.97. The second kappa shape index (κ2) is 4.53. The first-order valence-corrected chi connectivity index (χ1v) is 5.06. The Hall–Kier alpha value is -1.91. The first kappa shape index (κ1) is 13.2. The monoisotopic (exact) mass is 239 g/mol. The minimum Gasteiger partial charge on any atom is -0.480 e. The van der Waals surface area contributed by atoms with Crippen LogP contribution in [0.15, 0.2) is 18.2 Å². The fourth-order valence-electron chi connectivity index (χ4n) is 1.12. The molecule has 1 aromatic rings. The van der Waals surface area contributed by atoms with Crippen LogP contribution in [0.5, 0.6) is 0 Å². The van der Waals surface area contributed by atoms with Crippen molar-refractivity contribution in [1.82, 2.24) is 0 Å². The van der Waals surface area contributed by atoms with Crippen molar-refractivity contribution in [2.45, 2.75) is 20.8 Å². The van der Waals surface area contributed by atoms with Crippen molar-refractivity contribution in [2.75, 3.05) is 5.32 Å². The van der Waals surface area contributed by atoms with Crippen molar-refractivity contribution in [3.8, 4) is 0 Å². The Labute approximate surface area is 98.5 Å². The van der Waals surface area contributed by atoms with E-state index in [0.717, 1.165) is 0 Å². The van der Waals surface area contributed by atoms with Gasteiger partial charge in [0.05, 0.1) is 0 Å². The van der Waals surface area contributed by atoms with Crippen LogP contribution in [0.1, 0.15) is 19.4 Å². The number of carboxylic acid groups (broad SMARTS) is 1. The lowest BCUT2D eigenvalue weighted by Crippen LogP contribution is -2.38. The molecule has 0 radical (unpaired) electrons. The van der Waals surface area contributed by atoms with Gasteiger partial charge in [-0.25, -0.2) is 4.39 Å². The second-order valence-electron chi connectivity index (χ2n) is 4.30. The molecule has 2 N–H and O–H groups in total. The zero-order chi connectivity index (χ0) is 13.2. The number of aliphatic carboxylic acids is 1. The molecule has 0 unspecified atom stereocenters. The van der Waals surface area contributed by atoms with Crippen molar-refractivity contribution in [3.05, 3.63) is 29.6 Å². The van der Waals surface area contributed by atoms with Gasteiger partial charge in [0.15, 0.2) is 0 Å². The van der Waals surface area contributed by atoms with Crippen LogP contribution in [0.25, 0.3) is 0 Å². The van der Waals surface area contributed by atoms with Gasteiger partial charge in [-0.2, -0.15) is 0 Å². The van der Waals surface area contributed by atoms with Gasteiger partial charge in [-0.1, -0.05) is 6.07 Å². The van der Waals surface area contributed by atoms with E-state index in [1.54, 1.807) is 0 Å². The van der Waals surface area contributed by atoms with Crippen molar-refractivity contribution >= 4 is 17.6 Å². The van der Waals surface area contributed by atoms with Gasteiger partial charge in [-0.05, 0) is 32.9 Å². The van der Waals surface area contributed by atoms with Gasteiger partial charge in [0, 0.05) is 11.3 Å². The van der Waals surface area contributed by atoms with Crippen LogP contribution in [0, 0.1) is 18.2 Å². The second-order valence-corrected chi connectivity index (χ2v) is 4.30. The lowest BCUT2D eigenvalue weighted by atomic mass is 9.92. The SMILES string of the molecule is Cc1c(F)cccc1NC(=O)C(C)(C)C(=O)O. The van der Waals surface area contributed by atoms with Crippen molar-refractivity contribution in [2.24, 2.45) is 5.41 Å². The molecule has 17 heavy (non-hydrogen) atoms. The number of hydrogen-bond acceptors (Lipinski definition) is 2. The number of rotatable bonds is 3. The van der Waals surface area contributed by atoms with Gasteiger partial charge in [-0.15, -0.1) is 0 Å². The average Bonchev–Trinajstić information content (AvgIpc) is 2.24. The predicted octanol–water partition coefficient (Wildman–Crippen LogP) is 2.18. The molecule has 92 valence electrons. The molecule has 0 saturated heterocycles. The molecular weight excluding hydrogens is 225 g/mol. The minimum atomic E-state index is -1.56. The van der Waals surface area contributed by atoms with E-state index in [9.17, 15) is 14.0 Å². The predicted molar refractivity (Wildman–Crippen MR) is 61.2 cm³/mol. The molecule has 0 spiro atoms. The third-order valence-corrected chi connectivity index (χ3v) is 2.62. The van der Waals surface area contributed by atoms with E-state index in [1.807, 2.05) is 0 Å². The number of benzene rings is 1. The van der Waals surface area contributed by atoms with E-state index in [2.05, 4.69) is 5.32 Å². The summed E-state index contributed by atoms with van der Waals surface area (Å²) in [7, 11) is 0. The van der Waals surface area contributed by atoms with Crippen LogP contribution < -0.4 is 5.32 Å². The number of hydrogen-bond donors (Lipinski definition) is 2. The standard InChI is InChI=1S/C12H14FNO3/c1-7-8(13)5-4-6-9(7)14-10(15)12(2,3)11(16)17/h4-6H,1-3H3,(H,14,15)(H,16,17). The highest BCUT2D eigenvalue weighted by atomic mass is 19.1. The summed E-state index contributed by atoms with van der Waals surface area (Å²) in [6.45, 7) is 4.09. The molecule has 1 amide bonds. The smallest absolute Gasteiger partial charge is 0.318 e. The fraction of sp³-hybridized carbons (Fsp3) is 0.333.